The number of terminal acetylenes is 1. The number of hydrogen-bond donors (Lipinski definition) is 2. The van der Waals surface area contributed by atoms with Gasteiger partial charge in [0.25, 0.3) is 0 Å². The second kappa shape index (κ2) is 5.51. The lowest BCUT2D eigenvalue weighted by Gasteiger charge is -2.13. The first kappa shape index (κ1) is 14.3. The third-order valence-electron chi connectivity index (χ3n) is 2.60. The molecule has 2 heterocycles. The monoisotopic (exact) mass is 291 g/mol. The van der Waals surface area contributed by atoms with E-state index in [1.54, 1.807) is 4.52 Å². The highest BCUT2D eigenvalue weighted by atomic mass is 32.1. The number of amides is 1. The van der Waals surface area contributed by atoms with E-state index in [4.69, 9.17) is 6.42 Å². The number of carbonyl (C=O) groups excluding carboxylic acids is 1. The van der Waals surface area contributed by atoms with E-state index in [0.717, 1.165) is 10.7 Å². The number of imidazole rings is 1. The number of anilines is 1. The first-order chi connectivity index (χ1) is 9.40. The van der Waals surface area contributed by atoms with Crippen molar-refractivity contribution in [1.29, 1.82) is 0 Å². The Hall–Kier alpha value is -2.07. The summed E-state index contributed by atoms with van der Waals surface area (Å²) in [6.45, 7) is 6.69. The molecule has 20 heavy (non-hydrogen) atoms. The molecule has 6 nitrogen and oxygen atoms in total. The molecule has 7 heteroatoms. The van der Waals surface area contributed by atoms with Gasteiger partial charge < -0.3 is 10.6 Å². The van der Waals surface area contributed by atoms with Crippen LogP contribution in [0.1, 0.15) is 26.5 Å². The molecule has 0 radical (unpaired) electrons. The molecule has 0 bridgehead atoms. The van der Waals surface area contributed by atoms with Gasteiger partial charge in [-0.3, -0.25) is 4.79 Å². The average Bonchev–Trinajstić information content (AvgIpc) is 2.90. The van der Waals surface area contributed by atoms with E-state index in [2.05, 4.69) is 47.4 Å². The fraction of sp³-hybridized carbons (Fsp3) is 0.462. The molecule has 0 saturated heterocycles. The molecular weight excluding hydrogens is 274 g/mol. The van der Waals surface area contributed by atoms with Crippen molar-refractivity contribution in [1.82, 2.24) is 19.9 Å². The van der Waals surface area contributed by atoms with Crippen LogP contribution in [0.3, 0.4) is 0 Å². The zero-order valence-electron chi connectivity index (χ0n) is 11.7. The van der Waals surface area contributed by atoms with Crippen molar-refractivity contribution >= 4 is 27.3 Å². The van der Waals surface area contributed by atoms with Gasteiger partial charge in [0.1, 0.15) is 0 Å². The quantitative estimate of drug-likeness (QED) is 0.832. The van der Waals surface area contributed by atoms with Gasteiger partial charge in [-0.05, 0) is 0 Å². The fourth-order valence-electron chi connectivity index (χ4n) is 1.50. The van der Waals surface area contributed by atoms with Crippen molar-refractivity contribution < 1.29 is 4.79 Å². The summed E-state index contributed by atoms with van der Waals surface area (Å²) >= 11 is 1.41. The van der Waals surface area contributed by atoms with Crippen molar-refractivity contribution in [2.75, 3.05) is 18.4 Å². The summed E-state index contributed by atoms with van der Waals surface area (Å²) in [5.41, 5.74) is 0.991. The summed E-state index contributed by atoms with van der Waals surface area (Å²) in [6, 6.07) is 0. The van der Waals surface area contributed by atoms with Gasteiger partial charge in [-0.15, -0.1) is 11.5 Å². The zero-order chi connectivity index (χ0) is 14.8. The smallest absolute Gasteiger partial charge is 0.240 e. The number of hydrogen-bond acceptors (Lipinski definition) is 5. The summed E-state index contributed by atoms with van der Waals surface area (Å²) in [6.07, 6.45) is 6.98. The molecule has 0 fully saturated rings. The van der Waals surface area contributed by atoms with E-state index >= 15 is 0 Å². The molecule has 0 atom stereocenters. The Kier molecular flexibility index (Phi) is 3.95. The van der Waals surface area contributed by atoms with E-state index in [1.165, 1.54) is 11.3 Å². The number of aromatic nitrogens is 3. The molecule has 106 valence electrons. The zero-order valence-corrected chi connectivity index (χ0v) is 12.5. The van der Waals surface area contributed by atoms with Crippen LogP contribution in [-0.2, 0) is 10.2 Å². The molecule has 2 N–H and O–H groups in total. The Bertz CT molecular complexity index is 627. The van der Waals surface area contributed by atoms with Gasteiger partial charge in [0.15, 0.2) is 0 Å². The SMILES string of the molecule is C#CCNC(=O)CNc1nn2cc(C(C)(C)C)nc2s1. The van der Waals surface area contributed by atoms with E-state index in [-0.39, 0.29) is 24.4 Å². The molecule has 2 aromatic rings. The molecule has 0 aromatic carbocycles. The van der Waals surface area contributed by atoms with Crippen LogP contribution in [0.2, 0.25) is 0 Å². The fourth-order valence-corrected chi connectivity index (χ4v) is 2.28. The van der Waals surface area contributed by atoms with E-state index in [1.807, 2.05) is 6.20 Å². The minimum absolute atomic E-state index is 0.00385. The Morgan fingerprint density at radius 3 is 2.90 bits per heavy atom. The topological polar surface area (TPSA) is 71.3 Å². The minimum Gasteiger partial charge on any atom is -0.351 e. The highest BCUT2D eigenvalue weighted by Crippen LogP contribution is 2.25. The van der Waals surface area contributed by atoms with Crippen LogP contribution in [0.25, 0.3) is 4.96 Å². The van der Waals surface area contributed by atoms with Gasteiger partial charge in [0, 0.05) is 5.41 Å². The van der Waals surface area contributed by atoms with Gasteiger partial charge in [0.2, 0.25) is 16.0 Å². The molecule has 0 unspecified atom stereocenters. The molecule has 0 aliphatic heterocycles. The van der Waals surface area contributed by atoms with E-state index < -0.39 is 0 Å². The summed E-state index contributed by atoms with van der Waals surface area (Å²) < 4.78 is 1.73. The van der Waals surface area contributed by atoms with Crippen LogP contribution >= 0.6 is 11.3 Å². The molecule has 0 aliphatic rings. The lowest BCUT2D eigenvalue weighted by atomic mass is 9.93. The van der Waals surface area contributed by atoms with Crippen LogP contribution < -0.4 is 10.6 Å². The predicted octanol–water partition coefficient (Wildman–Crippen LogP) is 1.25. The normalized spacial score (nSPS) is 11.3. The van der Waals surface area contributed by atoms with E-state index in [0.29, 0.717) is 5.13 Å². The minimum atomic E-state index is -0.161. The van der Waals surface area contributed by atoms with Crippen molar-refractivity contribution in [2.45, 2.75) is 26.2 Å². The summed E-state index contributed by atoms with van der Waals surface area (Å²) in [7, 11) is 0. The lowest BCUT2D eigenvalue weighted by molar-refractivity contribution is -0.119. The Balaban J connectivity index is 2.01. The van der Waals surface area contributed by atoms with E-state index in [9.17, 15) is 4.79 Å². The highest BCUT2D eigenvalue weighted by molar-refractivity contribution is 7.20. The molecule has 1 amide bonds. The number of rotatable bonds is 4. The lowest BCUT2D eigenvalue weighted by Crippen LogP contribution is -2.29. The van der Waals surface area contributed by atoms with Gasteiger partial charge in [-0.25, -0.2) is 9.50 Å². The van der Waals surface area contributed by atoms with Gasteiger partial charge in [-0.2, -0.15) is 0 Å². The number of nitrogens with one attached hydrogen (secondary N) is 2. The summed E-state index contributed by atoms with van der Waals surface area (Å²) in [5.74, 6) is 2.19. The third-order valence-corrected chi connectivity index (χ3v) is 3.48. The molecule has 0 aliphatic carbocycles. The van der Waals surface area contributed by atoms with Crippen LogP contribution in [0.4, 0.5) is 5.13 Å². The van der Waals surface area contributed by atoms with Crippen LogP contribution in [0.5, 0.6) is 0 Å². The summed E-state index contributed by atoms with van der Waals surface area (Å²) in [5, 5.41) is 10.5. The van der Waals surface area contributed by atoms with Crippen molar-refractivity contribution in [3.63, 3.8) is 0 Å². The molecule has 0 saturated carbocycles. The Labute approximate surface area is 121 Å². The Morgan fingerprint density at radius 2 is 2.30 bits per heavy atom. The number of fused-ring (bicyclic) bond motifs is 1. The second-order valence-electron chi connectivity index (χ2n) is 5.34. The molecular formula is C13H17N5OS. The predicted molar refractivity (Wildman–Crippen MR) is 79.9 cm³/mol. The maximum atomic E-state index is 11.4. The first-order valence-electron chi connectivity index (χ1n) is 6.21. The maximum Gasteiger partial charge on any atom is 0.240 e. The number of carbonyl (C=O) groups is 1. The summed E-state index contributed by atoms with van der Waals surface area (Å²) in [4.78, 5) is 16.7. The first-order valence-corrected chi connectivity index (χ1v) is 7.02. The highest BCUT2D eigenvalue weighted by Gasteiger charge is 2.19. The third kappa shape index (κ3) is 3.27. The Morgan fingerprint density at radius 1 is 1.55 bits per heavy atom. The molecule has 2 aromatic heterocycles. The average molecular weight is 291 g/mol. The van der Waals surface area contributed by atoms with Crippen LogP contribution in [0, 0.1) is 12.3 Å². The standard InChI is InChI=1S/C13H17N5OS/c1-5-6-14-10(19)7-15-11-17-18-8-9(13(2,3)4)16-12(18)20-11/h1,8H,6-7H2,2-4H3,(H,14,19)(H,15,17). The van der Waals surface area contributed by atoms with Crippen LogP contribution in [-0.4, -0.2) is 33.6 Å². The maximum absolute atomic E-state index is 11.4. The second-order valence-corrected chi connectivity index (χ2v) is 6.30. The van der Waals surface area contributed by atoms with Crippen molar-refractivity contribution in [3.05, 3.63) is 11.9 Å². The molecule has 0 spiro atoms. The van der Waals surface area contributed by atoms with Crippen molar-refractivity contribution in [2.24, 2.45) is 0 Å². The van der Waals surface area contributed by atoms with Gasteiger partial charge in [0.05, 0.1) is 25.0 Å². The van der Waals surface area contributed by atoms with Crippen molar-refractivity contribution in [3.8, 4) is 12.3 Å². The van der Waals surface area contributed by atoms with Gasteiger partial charge >= 0.3 is 0 Å². The molecule has 2 rings (SSSR count). The number of nitrogens with zero attached hydrogens (tertiary/aromatic N) is 3. The largest absolute Gasteiger partial charge is 0.351 e. The van der Waals surface area contributed by atoms with Gasteiger partial charge in [-0.1, -0.05) is 38.0 Å². The van der Waals surface area contributed by atoms with Crippen LogP contribution in [0.15, 0.2) is 6.20 Å².